The standard InChI is InChI=1S/C18H30N2O/c1-4-15-8-10-16(11-9-15)18(19-5-2)14-20(3)13-17-7-6-12-21-17/h8-11,17-19H,4-7,12-14H2,1-3H3. The zero-order valence-electron chi connectivity index (χ0n) is 13.8. The summed E-state index contributed by atoms with van der Waals surface area (Å²) in [7, 11) is 2.20. The topological polar surface area (TPSA) is 24.5 Å². The van der Waals surface area contributed by atoms with Gasteiger partial charge in [-0.3, -0.25) is 0 Å². The summed E-state index contributed by atoms with van der Waals surface area (Å²) < 4.78 is 5.74. The molecule has 1 aliphatic heterocycles. The van der Waals surface area contributed by atoms with Crippen molar-refractivity contribution in [3.8, 4) is 0 Å². The average Bonchev–Trinajstić information content (AvgIpc) is 3.00. The van der Waals surface area contributed by atoms with E-state index in [0.717, 1.165) is 32.7 Å². The number of benzene rings is 1. The van der Waals surface area contributed by atoms with Crippen LogP contribution in [0.15, 0.2) is 24.3 Å². The molecule has 0 amide bonds. The fourth-order valence-electron chi connectivity index (χ4n) is 3.04. The molecule has 0 spiro atoms. The van der Waals surface area contributed by atoms with Crippen LogP contribution in [0.4, 0.5) is 0 Å². The van der Waals surface area contributed by atoms with Crippen molar-refractivity contribution in [2.24, 2.45) is 0 Å². The monoisotopic (exact) mass is 290 g/mol. The Bertz CT molecular complexity index is 398. The highest BCUT2D eigenvalue weighted by Crippen LogP contribution is 2.18. The molecule has 1 aromatic carbocycles. The van der Waals surface area contributed by atoms with Gasteiger partial charge in [-0.2, -0.15) is 0 Å². The fraction of sp³-hybridized carbons (Fsp3) is 0.667. The van der Waals surface area contributed by atoms with Crippen LogP contribution in [0.3, 0.4) is 0 Å². The molecule has 1 fully saturated rings. The summed E-state index contributed by atoms with van der Waals surface area (Å²) in [5.41, 5.74) is 2.79. The molecular formula is C18H30N2O. The molecule has 1 N–H and O–H groups in total. The number of aryl methyl sites for hydroxylation is 1. The molecular weight excluding hydrogens is 260 g/mol. The van der Waals surface area contributed by atoms with Gasteiger partial charge >= 0.3 is 0 Å². The largest absolute Gasteiger partial charge is 0.377 e. The highest BCUT2D eigenvalue weighted by molar-refractivity contribution is 5.25. The Morgan fingerprint density at radius 1 is 1.29 bits per heavy atom. The van der Waals surface area contributed by atoms with Gasteiger partial charge in [-0.1, -0.05) is 38.1 Å². The third-order valence-corrected chi connectivity index (χ3v) is 4.27. The molecule has 0 radical (unpaired) electrons. The van der Waals surface area contributed by atoms with Gasteiger partial charge in [0.2, 0.25) is 0 Å². The van der Waals surface area contributed by atoms with Crippen molar-refractivity contribution in [2.45, 2.75) is 45.3 Å². The van der Waals surface area contributed by atoms with E-state index in [4.69, 9.17) is 4.74 Å². The first-order valence-corrected chi connectivity index (χ1v) is 8.35. The summed E-state index contributed by atoms with van der Waals surface area (Å²) >= 11 is 0. The average molecular weight is 290 g/mol. The van der Waals surface area contributed by atoms with Crippen molar-refractivity contribution in [3.05, 3.63) is 35.4 Å². The number of ether oxygens (including phenoxy) is 1. The van der Waals surface area contributed by atoms with Crippen LogP contribution in [0.25, 0.3) is 0 Å². The second kappa shape index (κ2) is 8.52. The van der Waals surface area contributed by atoms with Crippen molar-refractivity contribution in [2.75, 3.05) is 33.3 Å². The predicted octanol–water partition coefficient (Wildman–Crippen LogP) is 3.01. The van der Waals surface area contributed by atoms with E-state index in [9.17, 15) is 0 Å². The molecule has 3 nitrogen and oxygen atoms in total. The summed E-state index contributed by atoms with van der Waals surface area (Å²) in [5, 5.41) is 3.61. The molecule has 21 heavy (non-hydrogen) atoms. The molecule has 2 atom stereocenters. The molecule has 2 rings (SSSR count). The van der Waals surface area contributed by atoms with E-state index in [-0.39, 0.29) is 0 Å². The van der Waals surface area contributed by atoms with Crippen LogP contribution in [0.5, 0.6) is 0 Å². The quantitative estimate of drug-likeness (QED) is 0.796. The van der Waals surface area contributed by atoms with Crippen molar-refractivity contribution in [1.29, 1.82) is 0 Å². The Labute approximate surface area is 129 Å². The van der Waals surface area contributed by atoms with Gasteiger partial charge in [0, 0.05) is 25.7 Å². The van der Waals surface area contributed by atoms with E-state index in [1.165, 1.54) is 24.0 Å². The lowest BCUT2D eigenvalue weighted by atomic mass is 10.0. The normalized spacial score (nSPS) is 20.1. The SMILES string of the molecule is CCNC(CN(C)CC1CCCO1)c1ccc(CC)cc1. The van der Waals surface area contributed by atoms with E-state index >= 15 is 0 Å². The maximum Gasteiger partial charge on any atom is 0.0702 e. The zero-order valence-corrected chi connectivity index (χ0v) is 13.8. The van der Waals surface area contributed by atoms with E-state index < -0.39 is 0 Å². The van der Waals surface area contributed by atoms with E-state index in [1.807, 2.05) is 0 Å². The number of nitrogens with zero attached hydrogens (tertiary/aromatic N) is 1. The molecule has 118 valence electrons. The van der Waals surface area contributed by atoms with Gasteiger partial charge in [0.1, 0.15) is 0 Å². The van der Waals surface area contributed by atoms with Crippen molar-refractivity contribution in [1.82, 2.24) is 10.2 Å². The van der Waals surface area contributed by atoms with E-state index in [1.54, 1.807) is 0 Å². The Kier molecular flexibility index (Phi) is 6.68. The lowest BCUT2D eigenvalue weighted by molar-refractivity contribution is 0.0784. The first-order valence-electron chi connectivity index (χ1n) is 8.35. The summed E-state index contributed by atoms with van der Waals surface area (Å²) in [5.74, 6) is 0. The molecule has 1 aromatic rings. The Morgan fingerprint density at radius 3 is 2.62 bits per heavy atom. The fourth-order valence-corrected chi connectivity index (χ4v) is 3.04. The Hall–Kier alpha value is -0.900. The van der Waals surface area contributed by atoms with Crippen molar-refractivity contribution >= 4 is 0 Å². The van der Waals surface area contributed by atoms with Crippen LogP contribution in [0, 0.1) is 0 Å². The summed E-state index contributed by atoms with van der Waals surface area (Å²) in [6, 6.07) is 9.43. The lowest BCUT2D eigenvalue weighted by Crippen LogP contribution is -2.36. The predicted molar refractivity (Wildman–Crippen MR) is 88.7 cm³/mol. The molecule has 2 unspecified atom stereocenters. The molecule has 1 aliphatic rings. The number of hydrogen-bond donors (Lipinski definition) is 1. The van der Waals surface area contributed by atoms with Crippen LogP contribution in [0.2, 0.25) is 0 Å². The van der Waals surface area contributed by atoms with Crippen LogP contribution < -0.4 is 5.32 Å². The van der Waals surface area contributed by atoms with Gasteiger partial charge in [0.05, 0.1) is 6.10 Å². The minimum atomic E-state index is 0.396. The highest BCUT2D eigenvalue weighted by atomic mass is 16.5. The third kappa shape index (κ3) is 5.10. The number of nitrogens with one attached hydrogen (secondary N) is 1. The van der Waals surface area contributed by atoms with Crippen LogP contribution in [-0.4, -0.2) is 44.3 Å². The summed E-state index contributed by atoms with van der Waals surface area (Å²) in [4.78, 5) is 2.40. The maximum atomic E-state index is 5.74. The maximum absolute atomic E-state index is 5.74. The molecule has 0 aliphatic carbocycles. The van der Waals surface area contributed by atoms with Gasteiger partial charge in [-0.05, 0) is 44.0 Å². The van der Waals surface area contributed by atoms with Crippen LogP contribution in [0.1, 0.15) is 43.9 Å². The number of likely N-dealkylation sites (N-methyl/N-ethyl adjacent to an activating group) is 2. The molecule has 0 aromatic heterocycles. The minimum absolute atomic E-state index is 0.396. The van der Waals surface area contributed by atoms with Gasteiger partial charge in [0.15, 0.2) is 0 Å². The van der Waals surface area contributed by atoms with E-state index in [2.05, 4.69) is 55.4 Å². The van der Waals surface area contributed by atoms with Gasteiger partial charge in [-0.15, -0.1) is 0 Å². The zero-order chi connectivity index (χ0) is 15.1. The van der Waals surface area contributed by atoms with Crippen molar-refractivity contribution in [3.63, 3.8) is 0 Å². The Balaban J connectivity index is 1.93. The molecule has 1 heterocycles. The van der Waals surface area contributed by atoms with Crippen molar-refractivity contribution < 1.29 is 4.74 Å². The highest BCUT2D eigenvalue weighted by Gasteiger charge is 2.19. The van der Waals surface area contributed by atoms with Crippen LogP contribution in [-0.2, 0) is 11.2 Å². The first-order chi connectivity index (χ1) is 10.2. The second-order valence-electron chi connectivity index (χ2n) is 6.06. The van der Waals surface area contributed by atoms with Gasteiger partial charge in [0.25, 0.3) is 0 Å². The minimum Gasteiger partial charge on any atom is -0.377 e. The molecule has 3 heteroatoms. The van der Waals surface area contributed by atoms with Gasteiger partial charge < -0.3 is 15.0 Å². The third-order valence-electron chi connectivity index (χ3n) is 4.27. The smallest absolute Gasteiger partial charge is 0.0702 e. The molecule has 0 bridgehead atoms. The van der Waals surface area contributed by atoms with Gasteiger partial charge in [-0.25, -0.2) is 0 Å². The lowest BCUT2D eigenvalue weighted by Gasteiger charge is -2.27. The summed E-state index contributed by atoms with van der Waals surface area (Å²) in [6.07, 6.45) is 3.96. The van der Waals surface area contributed by atoms with Crippen LogP contribution >= 0.6 is 0 Å². The summed E-state index contributed by atoms with van der Waals surface area (Å²) in [6.45, 7) is 8.37. The molecule has 0 saturated carbocycles. The Morgan fingerprint density at radius 2 is 2.05 bits per heavy atom. The van der Waals surface area contributed by atoms with E-state index in [0.29, 0.717) is 12.1 Å². The molecule has 1 saturated heterocycles. The number of hydrogen-bond acceptors (Lipinski definition) is 3. The second-order valence-corrected chi connectivity index (χ2v) is 6.06. The number of rotatable bonds is 8. The first kappa shape index (κ1) is 16.5.